The first-order valence-corrected chi connectivity index (χ1v) is 10.1. The van der Waals surface area contributed by atoms with E-state index in [4.69, 9.17) is 0 Å². The molecule has 1 heterocycles. The van der Waals surface area contributed by atoms with Gasteiger partial charge < -0.3 is 5.32 Å². The van der Waals surface area contributed by atoms with Gasteiger partial charge in [0.15, 0.2) is 0 Å². The normalized spacial score (nSPS) is 29.4. The molecule has 118 valence electrons. The third kappa shape index (κ3) is 3.90. The van der Waals surface area contributed by atoms with Gasteiger partial charge in [-0.3, -0.25) is 0 Å². The van der Waals surface area contributed by atoms with E-state index in [1.165, 1.54) is 69.1 Å². The van der Waals surface area contributed by atoms with Crippen LogP contribution in [0.1, 0.15) is 82.1 Å². The zero-order chi connectivity index (χ0) is 14.5. The molecule has 0 saturated heterocycles. The highest BCUT2D eigenvalue weighted by Crippen LogP contribution is 2.39. The number of nitrogens with one attached hydrogen (secondary N) is 1. The van der Waals surface area contributed by atoms with Gasteiger partial charge in [-0.05, 0) is 42.5 Å². The number of hydrogen-bond acceptors (Lipinski definition) is 2. The van der Waals surface area contributed by atoms with E-state index in [0.29, 0.717) is 6.04 Å². The van der Waals surface area contributed by atoms with Crippen LogP contribution in [0.25, 0.3) is 0 Å². The van der Waals surface area contributed by atoms with Gasteiger partial charge >= 0.3 is 0 Å². The van der Waals surface area contributed by atoms with Gasteiger partial charge in [0.25, 0.3) is 0 Å². The molecule has 1 nitrogen and oxygen atoms in total. The maximum Gasteiger partial charge on any atom is 0.0414 e. The molecule has 1 aromatic heterocycles. The van der Waals surface area contributed by atoms with Crippen molar-refractivity contribution in [2.45, 2.75) is 83.2 Å². The van der Waals surface area contributed by atoms with Crippen LogP contribution in [0.4, 0.5) is 0 Å². The highest BCUT2D eigenvalue weighted by atomic mass is 32.1. The topological polar surface area (TPSA) is 12.0 Å². The summed E-state index contributed by atoms with van der Waals surface area (Å²) in [6.07, 6.45) is 14.4. The molecule has 3 atom stereocenters. The Morgan fingerprint density at radius 2 is 1.86 bits per heavy atom. The van der Waals surface area contributed by atoms with E-state index in [2.05, 4.69) is 29.8 Å². The Labute approximate surface area is 134 Å². The van der Waals surface area contributed by atoms with Crippen molar-refractivity contribution >= 4 is 11.3 Å². The summed E-state index contributed by atoms with van der Waals surface area (Å²) in [4.78, 5) is 1.53. The summed E-state index contributed by atoms with van der Waals surface area (Å²) in [5.74, 6) is 1.96. The van der Waals surface area contributed by atoms with Crippen LogP contribution in [-0.4, -0.2) is 6.04 Å². The maximum absolute atomic E-state index is 4.07. The third-order valence-electron chi connectivity index (χ3n) is 5.78. The van der Waals surface area contributed by atoms with Crippen LogP contribution in [0.5, 0.6) is 0 Å². The lowest BCUT2D eigenvalue weighted by Crippen LogP contribution is -2.43. The summed E-state index contributed by atoms with van der Waals surface area (Å²) >= 11 is 1.92. The highest BCUT2D eigenvalue weighted by molar-refractivity contribution is 7.10. The van der Waals surface area contributed by atoms with Crippen molar-refractivity contribution in [1.82, 2.24) is 5.32 Å². The van der Waals surface area contributed by atoms with E-state index in [9.17, 15) is 0 Å². The number of thiophene rings is 1. The van der Waals surface area contributed by atoms with Gasteiger partial charge in [0, 0.05) is 17.0 Å². The van der Waals surface area contributed by atoms with Crippen LogP contribution < -0.4 is 5.32 Å². The lowest BCUT2D eigenvalue weighted by atomic mass is 9.70. The molecule has 2 fully saturated rings. The van der Waals surface area contributed by atoms with Crippen LogP contribution in [0.2, 0.25) is 0 Å². The van der Waals surface area contributed by atoms with Crippen molar-refractivity contribution in [1.29, 1.82) is 0 Å². The van der Waals surface area contributed by atoms with E-state index < -0.39 is 0 Å². The number of rotatable bonds is 5. The van der Waals surface area contributed by atoms with Gasteiger partial charge in [-0.2, -0.15) is 0 Å². The zero-order valence-electron chi connectivity index (χ0n) is 13.5. The average Bonchev–Trinajstić information content (AvgIpc) is 3.08. The molecule has 2 saturated carbocycles. The lowest BCUT2D eigenvalue weighted by Gasteiger charge is -2.41. The molecule has 3 unspecified atom stereocenters. The SMILES string of the molecule is CCC(NC1CCCCC1C1CCCCC1)c1cccs1. The third-order valence-corrected chi connectivity index (χ3v) is 6.77. The second-order valence-corrected chi connectivity index (χ2v) is 8.08. The Balaban J connectivity index is 1.65. The molecule has 0 amide bonds. The summed E-state index contributed by atoms with van der Waals surface area (Å²) in [7, 11) is 0. The summed E-state index contributed by atoms with van der Waals surface area (Å²) in [5.41, 5.74) is 0. The predicted molar refractivity (Wildman–Crippen MR) is 92.8 cm³/mol. The lowest BCUT2D eigenvalue weighted by molar-refractivity contribution is 0.141. The Kier molecular flexibility index (Phi) is 5.76. The van der Waals surface area contributed by atoms with Crippen molar-refractivity contribution in [3.63, 3.8) is 0 Å². The van der Waals surface area contributed by atoms with Crippen LogP contribution in [0, 0.1) is 11.8 Å². The predicted octanol–water partition coefficient (Wildman–Crippen LogP) is 5.93. The Morgan fingerprint density at radius 1 is 1.10 bits per heavy atom. The van der Waals surface area contributed by atoms with Crippen LogP contribution in [-0.2, 0) is 0 Å². The summed E-state index contributed by atoms with van der Waals surface area (Å²) in [5, 5.41) is 6.29. The Hall–Kier alpha value is -0.340. The first kappa shape index (κ1) is 15.6. The molecule has 0 aromatic carbocycles. The Bertz CT molecular complexity index is 394. The largest absolute Gasteiger partial charge is 0.306 e. The fraction of sp³-hybridized carbons (Fsp3) is 0.789. The van der Waals surface area contributed by atoms with Gasteiger partial charge in [0.1, 0.15) is 0 Å². The molecule has 0 spiro atoms. The minimum Gasteiger partial charge on any atom is -0.306 e. The fourth-order valence-electron chi connectivity index (χ4n) is 4.64. The van der Waals surface area contributed by atoms with Gasteiger partial charge in [0.05, 0.1) is 0 Å². The van der Waals surface area contributed by atoms with Crippen LogP contribution in [0.3, 0.4) is 0 Å². The molecular formula is C19H31NS. The van der Waals surface area contributed by atoms with Crippen molar-refractivity contribution < 1.29 is 0 Å². The monoisotopic (exact) mass is 305 g/mol. The van der Waals surface area contributed by atoms with E-state index in [0.717, 1.165) is 17.9 Å². The van der Waals surface area contributed by atoms with Crippen molar-refractivity contribution in [2.24, 2.45) is 11.8 Å². The summed E-state index contributed by atoms with van der Waals surface area (Å²) in [6, 6.07) is 5.86. The van der Waals surface area contributed by atoms with Crippen LogP contribution >= 0.6 is 11.3 Å². The number of hydrogen-bond donors (Lipinski definition) is 1. The average molecular weight is 306 g/mol. The molecule has 2 heteroatoms. The molecule has 0 aliphatic heterocycles. The fourth-order valence-corrected chi connectivity index (χ4v) is 5.51. The van der Waals surface area contributed by atoms with Crippen molar-refractivity contribution in [3.05, 3.63) is 22.4 Å². The van der Waals surface area contributed by atoms with Gasteiger partial charge in [0.2, 0.25) is 0 Å². The van der Waals surface area contributed by atoms with E-state index >= 15 is 0 Å². The first-order valence-electron chi connectivity index (χ1n) is 9.18. The molecule has 0 radical (unpaired) electrons. The second-order valence-electron chi connectivity index (χ2n) is 7.10. The minimum absolute atomic E-state index is 0.583. The van der Waals surface area contributed by atoms with E-state index in [1.807, 2.05) is 11.3 Å². The molecule has 21 heavy (non-hydrogen) atoms. The molecule has 1 aromatic rings. The quantitative estimate of drug-likeness (QED) is 0.711. The standard InChI is InChI=1S/C19H31NS/c1-2-17(19-13-8-14-21-19)20-18-12-7-6-11-16(18)15-9-4-3-5-10-15/h8,13-18,20H,2-7,9-12H2,1H3. The molecule has 0 bridgehead atoms. The van der Waals surface area contributed by atoms with Crippen LogP contribution in [0.15, 0.2) is 17.5 Å². The molecule has 1 N–H and O–H groups in total. The first-order chi connectivity index (χ1) is 10.4. The smallest absolute Gasteiger partial charge is 0.0414 e. The van der Waals surface area contributed by atoms with Crippen molar-refractivity contribution in [2.75, 3.05) is 0 Å². The van der Waals surface area contributed by atoms with Gasteiger partial charge in [-0.25, -0.2) is 0 Å². The Morgan fingerprint density at radius 3 is 2.57 bits per heavy atom. The molecular weight excluding hydrogens is 274 g/mol. The highest BCUT2D eigenvalue weighted by Gasteiger charge is 2.33. The maximum atomic E-state index is 4.07. The van der Waals surface area contributed by atoms with E-state index in [-0.39, 0.29) is 0 Å². The minimum atomic E-state index is 0.583. The molecule has 2 aliphatic carbocycles. The molecule has 3 rings (SSSR count). The summed E-state index contributed by atoms with van der Waals surface area (Å²) < 4.78 is 0. The second kappa shape index (κ2) is 7.78. The molecule has 2 aliphatic rings. The summed E-state index contributed by atoms with van der Waals surface area (Å²) in [6.45, 7) is 2.33. The van der Waals surface area contributed by atoms with Gasteiger partial charge in [-0.1, -0.05) is 57.9 Å². The van der Waals surface area contributed by atoms with E-state index in [1.54, 1.807) is 0 Å². The van der Waals surface area contributed by atoms with Crippen molar-refractivity contribution in [3.8, 4) is 0 Å². The zero-order valence-corrected chi connectivity index (χ0v) is 14.3. The van der Waals surface area contributed by atoms with Gasteiger partial charge in [-0.15, -0.1) is 11.3 Å².